The van der Waals surface area contributed by atoms with Crippen molar-refractivity contribution in [2.45, 2.75) is 32.4 Å². The summed E-state index contributed by atoms with van der Waals surface area (Å²) in [6.07, 6.45) is 4.29. The summed E-state index contributed by atoms with van der Waals surface area (Å²) < 4.78 is 0. The van der Waals surface area contributed by atoms with E-state index in [0.29, 0.717) is 6.54 Å². The summed E-state index contributed by atoms with van der Waals surface area (Å²) in [5.74, 6) is 0.835. The van der Waals surface area contributed by atoms with Crippen LogP contribution in [0.4, 0.5) is 5.82 Å². The predicted octanol–water partition coefficient (Wildman–Crippen LogP) is 2.31. The number of benzene rings is 1. The molecule has 1 atom stereocenters. The number of carbonyl (C=O) groups is 1. The van der Waals surface area contributed by atoms with Crippen LogP contribution in [0, 0.1) is 6.92 Å². The van der Waals surface area contributed by atoms with E-state index in [1.165, 1.54) is 12.8 Å². The molecule has 1 aromatic carbocycles. The average Bonchev–Trinajstić information content (AvgIpc) is 3.15. The van der Waals surface area contributed by atoms with E-state index in [-0.39, 0.29) is 5.91 Å². The quantitative estimate of drug-likeness (QED) is 0.885. The first-order chi connectivity index (χ1) is 11.6. The molecule has 5 heteroatoms. The van der Waals surface area contributed by atoms with Gasteiger partial charge in [0.1, 0.15) is 11.9 Å². The summed E-state index contributed by atoms with van der Waals surface area (Å²) in [7, 11) is 0. The van der Waals surface area contributed by atoms with E-state index in [4.69, 9.17) is 5.73 Å². The lowest BCUT2D eigenvalue weighted by Gasteiger charge is -2.16. The Labute approximate surface area is 142 Å². The van der Waals surface area contributed by atoms with E-state index < -0.39 is 6.04 Å². The van der Waals surface area contributed by atoms with Crippen LogP contribution >= 0.6 is 0 Å². The summed E-state index contributed by atoms with van der Waals surface area (Å²) in [5.41, 5.74) is 8.97. The number of hydrogen-bond acceptors (Lipinski definition) is 4. The number of pyridine rings is 1. The Morgan fingerprint density at radius 2 is 1.92 bits per heavy atom. The number of nitrogens with one attached hydrogen (secondary N) is 1. The number of anilines is 1. The number of amides is 1. The summed E-state index contributed by atoms with van der Waals surface area (Å²) in [5, 5.41) is 2.88. The van der Waals surface area contributed by atoms with E-state index in [9.17, 15) is 4.79 Å². The van der Waals surface area contributed by atoms with E-state index in [2.05, 4.69) is 15.2 Å². The molecule has 126 valence electrons. The van der Waals surface area contributed by atoms with Gasteiger partial charge < -0.3 is 16.0 Å². The fraction of sp³-hybridized carbons (Fsp3) is 0.368. The van der Waals surface area contributed by atoms with Gasteiger partial charge in [0, 0.05) is 25.8 Å². The molecule has 1 fully saturated rings. The van der Waals surface area contributed by atoms with Crippen LogP contribution in [-0.4, -0.2) is 24.0 Å². The minimum absolute atomic E-state index is 0.178. The van der Waals surface area contributed by atoms with Gasteiger partial charge in [-0.05, 0) is 37.0 Å². The topological polar surface area (TPSA) is 71.2 Å². The zero-order valence-corrected chi connectivity index (χ0v) is 14.0. The second-order valence-corrected chi connectivity index (χ2v) is 6.32. The summed E-state index contributed by atoms with van der Waals surface area (Å²) in [6, 6.07) is 11.1. The number of aryl methyl sites for hydroxylation is 1. The van der Waals surface area contributed by atoms with Crippen molar-refractivity contribution < 1.29 is 4.79 Å². The Balaban J connectivity index is 1.54. The molecule has 1 aromatic heterocycles. The Bertz CT molecular complexity index is 676. The van der Waals surface area contributed by atoms with Crippen LogP contribution in [0.1, 0.15) is 35.6 Å². The Kier molecular flexibility index (Phi) is 5.11. The predicted molar refractivity (Wildman–Crippen MR) is 95.6 cm³/mol. The maximum Gasteiger partial charge on any atom is 0.241 e. The number of carbonyl (C=O) groups excluding carboxylic acids is 1. The molecule has 3 N–H and O–H groups in total. The molecule has 5 nitrogen and oxygen atoms in total. The molecule has 0 saturated carbocycles. The molecule has 3 rings (SSSR count). The maximum absolute atomic E-state index is 12.2. The molecule has 24 heavy (non-hydrogen) atoms. The van der Waals surface area contributed by atoms with Crippen LogP contribution in [-0.2, 0) is 11.3 Å². The molecule has 0 aliphatic carbocycles. The lowest BCUT2D eigenvalue weighted by atomic mass is 10.1. The third kappa shape index (κ3) is 3.92. The molecule has 1 aliphatic rings. The van der Waals surface area contributed by atoms with Crippen LogP contribution in [0.2, 0.25) is 0 Å². The Morgan fingerprint density at radius 3 is 2.54 bits per heavy atom. The van der Waals surface area contributed by atoms with E-state index in [1.807, 2.05) is 49.5 Å². The largest absolute Gasteiger partial charge is 0.357 e. The second-order valence-electron chi connectivity index (χ2n) is 6.32. The maximum atomic E-state index is 12.2. The molecule has 2 heterocycles. The lowest BCUT2D eigenvalue weighted by Crippen LogP contribution is -2.33. The number of nitrogens with zero attached hydrogens (tertiary/aromatic N) is 2. The third-order valence-electron chi connectivity index (χ3n) is 4.42. The molecular weight excluding hydrogens is 300 g/mol. The first kappa shape index (κ1) is 16.5. The highest BCUT2D eigenvalue weighted by atomic mass is 16.2. The van der Waals surface area contributed by atoms with E-state index in [0.717, 1.165) is 35.6 Å². The van der Waals surface area contributed by atoms with Gasteiger partial charge in [0.25, 0.3) is 0 Å². The fourth-order valence-electron chi connectivity index (χ4n) is 2.88. The molecule has 1 unspecified atom stereocenters. The van der Waals surface area contributed by atoms with Crippen molar-refractivity contribution in [1.82, 2.24) is 10.3 Å². The zero-order chi connectivity index (χ0) is 16.9. The highest BCUT2D eigenvalue weighted by molar-refractivity contribution is 5.82. The molecule has 1 aliphatic heterocycles. The molecule has 0 bridgehead atoms. The van der Waals surface area contributed by atoms with Gasteiger partial charge in [-0.1, -0.05) is 35.9 Å². The summed E-state index contributed by atoms with van der Waals surface area (Å²) >= 11 is 0. The minimum atomic E-state index is -0.651. The van der Waals surface area contributed by atoms with Crippen molar-refractivity contribution in [3.63, 3.8) is 0 Å². The number of aromatic nitrogens is 1. The third-order valence-corrected chi connectivity index (χ3v) is 4.42. The fourth-order valence-corrected chi connectivity index (χ4v) is 2.88. The normalized spacial score (nSPS) is 15.3. The van der Waals surface area contributed by atoms with Gasteiger partial charge in [-0.15, -0.1) is 0 Å². The van der Waals surface area contributed by atoms with Gasteiger partial charge in [-0.2, -0.15) is 0 Å². The van der Waals surface area contributed by atoms with Crippen molar-refractivity contribution in [2.75, 3.05) is 18.0 Å². The van der Waals surface area contributed by atoms with Crippen LogP contribution in [0.25, 0.3) is 0 Å². The van der Waals surface area contributed by atoms with Crippen molar-refractivity contribution >= 4 is 11.7 Å². The molecule has 2 aromatic rings. The van der Waals surface area contributed by atoms with Crippen LogP contribution in [0.5, 0.6) is 0 Å². The van der Waals surface area contributed by atoms with Gasteiger partial charge in [0.15, 0.2) is 0 Å². The first-order valence-corrected chi connectivity index (χ1v) is 8.43. The molecule has 1 amide bonds. The Morgan fingerprint density at radius 1 is 1.21 bits per heavy atom. The monoisotopic (exact) mass is 324 g/mol. The highest BCUT2D eigenvalue weighted by Gasteiger charge is 2.16. The van der Waals surface area contributed by atoms with Gasteiger partial charge in [0.05, 0.1) is 0 Å². The number of rotatable bonds is 5. The molecule has 0 spiro atoms. The zero-order valence-electron chi connectivity index (χ0n) is 14.0. The van der Waals surface area contributed by atoms with Gasteiger partial charge >= 0.3 is 0 Å². The average molecular weight is 324 g/mol. The van der Waals surface area contributed by atoms with Gasteiger partial charge in [-0.3, -0.25) is 4.79 Å². The second kappa shape index (κ2) is 7.45. The van der Waals surface area contributed by atoms with Gasteiger partial charge in [-0.25, -0.2) is 4.98 Å². The molecule has 1 saturated heterocycles. The van der Waals surface area contributed by atoms with Crippen LogP contribution < -0.4 is 16.0 Å². The summed E-state index contributed by atoms with van der Waals surface area (Å²) in [6.45, 7) is 4.60. The van der Waals surface area contributed by atoms with Crippen molar-refractivity contribution in [3.8, 4) is 0 Å². The Hall–Kier alpha value is -2.40. The standard InChI is InChI=1S/C19H24N4O/c1-14-4-7-16(8-5-14)18(20)19(24)22-13-15-6-9-17(21-12-15)23-10-2-3-11-23/h4-9,12,18H,2-3,10-11,13,20H2,1H3,(H,22,24). The van der Waals surface area contributed by atoms with E-state index in [1.54, 1.807) is 0 Å². The number of nitrogens with two attached hydrogens (primary N) is 1. The molecular formula is C19H24N4O. The molecule has 0 radical (unpaired) electrons. The highest BCUT2D eigenvalue weighted by Crippen LogP contribution is 2.17. The first-order valence-electron chi connectivity index (χ1n) is 8.43. The lowest BCUT2D eigenvalue weighted by molar-refractivity contribution is -0.122. The van der Waals surface area contributed by atoms with Gasteiger partial charge in [0.2, 0.25) is 5.91 Å². The van der Waals surface area contributed by atoms with Crippen molar-refractivity contribution in [2.24, 2.45) is 5.73 Å². The minimum Gasteiger partial charge on any atom is -0.357 e. The number of hydrogen-bond donors (Lipinski definition) is 2. The van der Waals surface area contributed by atoms with Crippen LogP contribution in [0.15, 0.2) is 42.6 Å². The van der Waals surface area contributed by atoms with Crippen molar-refractivity contribution in [1.29, 1.82) is 0 Å². The van der Waals surface area contributed by atoms with E-state index >= 15 is 0 Å². The van der Waals surface area contributed by atoms with Crippen molar-refractivity contribution in [3.05, 3.63) is 59.3 Å². The van der Waals surface area contributed by atoms with Crippen LogP contribution in [0.3, 0.4) is 0 Å². The summed E-state index contributed by atoms with van der Waals surface area (Å²) in [4.78, 5) is 19.0. The smallest absolute Gasteiger partial charge is 0.241 e. The SMILES string of the molecule is Cc1ccc(C(N)C(=O)NCc2ccc(N3CCCC3)nc2)cc1.